The predicted octanol–water partition coefficient (Wildman–Crippen LogP) is 2.92. The number of rotatable bonds is 2. The minimum Gasteiger partial charge on any atom is -0.303 e. The summed E-state index contributed by atoms with van der Waals surface area (Å²) in [7, 11) is 0. The highest BCUT2D eigenvalue weighted by Gasteiger charge is 2.63. The van der Waals surface area contributed by atoms with Crippen LogP contribution in [0.4, 0.5) is 0 Å². The zero-order valence-corrected chi connectivity index (χ0v) is 9.88. The average molecular weight is 216 g/mol. The summed E-state index contributed by atoms with van der Waals surface area (Å²) >= 11 is 0. The van der Waals surface area contributed by atoms with Gasteiger partial charge >= 0.3 is 0 Å². The van der Waals surface area contributed by atoms with E-state index in [9.17, 15) is 4.79 Å². The van der Waals surface area contributed by atoms with E-state index in [2.05, 4.69) is 19.1 Å². The largest absolute Gasteiger partial charge is 0.303 e. The third-order valence-corrected chi connectivity index (χ3v) is 6.39. The molecule has 4 rings (SSSR count). The molecule has 8 unspecified atom stereocenters. The Bertz CT molecular complexity index is 358. The second kappa shape index (κ2) is 3.00. The summed E-state index contributed by atoms with van der Waals surface area (Å²) < 4.78 is 0. The van der Waals surface area contributed by atoms with Crippen molar-refractivity contribution in [1.29, 1.82) is 0 Å². The molecule has 3 fully saturated rings. The van der Waals surface area contributed by atoms with Gasteiger partial charge in [-0.25, -0.2) is 0 Å². The van der Waals surface area contributed by atoms with Gasteiger partial charge in [-0.1, -0.05) is 19.1 Å². The van der Waals surface area contributed by atoms with Crippen LogP contribution in [0.2, 0.25) is 0 Å². The standard InChI is InChI=1S/C15H20O/c1-8-11(4-5-16)13-7-12(8)14-9-2-3-10(6-9)15(13)14/h2-3,5,8-15H,4,6-7H2,1H3. The van der Waals surface area contributed by atoms with Crippen LogP contribution in [0, 0.1) is 47.3 Å². The van der Waals surface area contributed by atoms with Crippen molar-refractivity contribution < 1.29 is 4.79 Å². The molecule has 0 amide bonds. The fourth-order valence-electron chi connectivity index (χ4n) is 5.97. The van der Waals surface area contributed by atoms with Gasteiger partial charge in [-0.15, -0.1) is 0 Å². The Hall–Kier alpha value is -0.590. The quantitative estimate of drug-likeness (QED) is 0.394. The highest BCUT2D eigenvalue weighted by molar-refractivity contribution is 5.50. The van der Waals surface area contributed by atoms with Crippen LogP contribution in [-0.2, 0) is 4.79 Å². The first-order chi connectivity index (χ1) is 7.81. The number of hydrogen-bond acceptors (Lipinski definition) is 1. The molecule has 86 valence electrons. The Morgan fingerprint density at radius 2 is 1.81 bits per heavy atom. The van der Waals surface area contributed by atoms with Crippen LogP contribution in [0.15, 0.2) is 12.2 Å². The summed E-state index contributed by atoms with van der Waals surface area (Å²) in [5, 5.41) is 0. The van der Waals surface area contributed by atoms with Gasteiger partial charge in [0.2, 0.25) is 0 Å². The zero-order valence-electron chi connectivity index (χ0n) is 9.88. The van der Waals surface area contributed by atoms with Crippen molar-refractivity contribution in [3.05, 3.63) is 12.2 Å². The molecule has 4 bridgehead atoms. The van der Waals surface area contributed by atoms with Gasteiger partial charge in [-0.05, 0) is 60.2 Å². The van der Waals surface area contributed by atoms with Gasteiger partial charge < -0.3 is 4.79 Å². The molecule has 0 spiro atoms. The molecule has 8 atom stereocenters. The van der Waals surface area contributed by atoms with Crippen LogP contribution < -0.4 is 0 Å². The molecule has 0 aromatic rings. The van der Waals surface area contributed by atoms with Crippen molar-refractivity contribution in [2.75, 3.05) is 0 Å². The molecule has 16 heavy (non-hydrogen) atoms. The number of carbonyl (C=O) groups excluding carboxylic acids is 1. The molecule has 0 aromatic carbocycles. The first-order valence-electron chi connectivity index (χ1n) is 6.93. The van der Waals surface area contributed by atoms with E-state index in [1.165, 1.54) is 19.1 Å². The predicted molar refractivity (Wildman–Crippen MR) is 62.6 cm³/mol. The molecule has 1 heteroatoms. The second-order valence-electron chi connectivity index (χ2n) is 6.59. The summed E-state index contributed by atoms with van der Waals surface area (Å²) in [6.07, 6.45) is 9.84. The summed E-state index contributed by atoms with van der Waals surface area (Å²) in [6, 6.07) is 0. The number of carbonyl (C=O) groups is 1. The Labute approximate surface area is 97.3 Å². The summed E-state index contributed by atoms with van der Waals surface area (Å²) in [5.41, 5.74) is 0. The molecule has 4 aliphatic carbocycles. The lowest BCUT2D eigenvalue weighted by molar-refractivity contribution is -0.109. The SMILES string of the molecule is CC1C(CC=O)C2CC1C1C3C=CC(C3)C21. The van der Waals surface area contributed by atoms with Crippen LogP contribution >= 0.6 is 0 Å². The Morgan fingerprint density at radius 3 is 2.50 bits per heavy atom. The molecule has 0 radical (unpaired) electrons. The van der Waals surface area contributed by atoms with Gasteiger partial charge in [0.1, 0.15) is 6.29 Å². The highest BCUT2D eigenvalue weighted by atomic mass is 16.1. The Kier molecular flexibility index (Phi) is 1.77. The van der Waals surface area contributed by atoms with E-state index in [0.717, 1.165) is 53.8 Å². The average Bonchev–Trinajstić information content (AvgIpc) is 2.97. The topological polar surface area (TPSA) is 17.1 Å². The Morgan fingerprint density at radius 1 is 1.12 bits per heavy atom. The van der Waals surface area contributed by atoms with Gasteiger partial charge in [0, 0.05) is 6.42 Å². The molecular formula is C15H20O. The third kappa shape index (κ3) is 0.919. The maximum atomic E-state index is 10.8. The summed E-state index contributed by atoms with van der Waals surface area (Å²) in [4.78, 5) is 10.8. The van der Waals surface area contributed by atoms with Crippen LogP contribution in [-0.4, -0.2) is 6.29 Å². The zero-order chi connectivity index (χ0) is 10.9. The lowest BCUT2D eigenvalue weighted by atomic mass is 9.65. The molecule has 4 aliphatic rings. The fourth-order valence-corrected chi connectivity index (χ4v) is 5.97. The Balaban J connectivity index is 1.69. The molecule has 0 heterocycles. The van der Waals surface area contributed by atoms with Gasteiger partial charge in [0.05, 0.1) is 0 Å². The lowest BCUT2D eigenvalue weighted by Gasteiger charge is -2.40. The molecule has 0 saturated heterocycles. The third-order valence-electron chi connectivity index (χ3n) is 6.39. The normalized spacial score (nSPS) is 60.6. The first kappa shape index (κ1) is 9.44. The van der Waals surface area contributed by atoms with E-state index in [1.807, 2.05) is 0 Å². The number of allylic oxidation sites excluding steroid dienone is 2. The van der Waals surface area contributed by atoms with Crippen molar-refractivity contribution in [3.8, 4) is 0 Å². The van der Waals surface area contributed by atoms with E-state index in [0.29, 0.717) is 0 Å². The van der Waals surface area contributed by atoms with E-state index in [1.54, 1.807) is 0 Å². The number of hydrogen-bond donors (Lipinski definition) is 0. The minimum absolute atomic E-state index is 0.719. The van der Waals surface area contributed by atoms with Crippen molar-refractivity contribution >= 4 is 6.29 Å². The number of fused-ring (bicyclic) bond motifs is 9. The first-order valence-corrected chi connectivity index (χ1v) is 6.93. The van der Waals surface area contributed by atoms with Crippen LogP contribution in [0.25, 0.3) is 0 Å². The van der Waals surface area contributed by atoms with Crippen molar-refractivity contribution in [3.63, 3.8) is 0 Å². The molecule has 1 nitrogen and oxygen atoms in total. The molecule has 0 aromatic heterocycles. The van der Waals surface area contributed by atoms with Crippen molar-refractivity contribution in [2.45, 2.75) is 26.2 Å². The van der Waals surface area contributed by atoms with E-state index in [4.69, 9.17) is 0 Å². The van der Waals surface area contributed by atoms with Crippen LogP contribution in [0.3, 0.4) is 0 Å². The van der Waals surface area contributed by atoms with Gasteiger partial charge in [-0.2, -0.15) is 0 Å². The van der Waals surface area contributed by atoms with Crippen LogP contribution in [0.5, 0.6) is 0 Å². The van der Waals surface area contributed by atoms with Gasteiger partial charge in [0.15, 0.2) is 0 Å². The molecule has 0 aliphatic heterocycles. The highest BCUT2D eigenvalue weighted by Crippen LogP contribution is 2.68. The minimum atomic E-state index is 0.719. The van der Waals surface area contributed by atoms with Crippen LogP contribution in [0.1, 0.15) is 26.2 Å². The smallest absolute Gasteiger partial charge is 0.120 e. The van der Waals surface area contributed by atoms with Crippen molar-refractivity contribution in [1.82, 2.24) is 0 Å². The molecule has 0 N–H and O–H groups in total. The lowest BCUT2D eigenvalue weighted by Crippen LogP contribution is -2.36. The van der Waals surface area contributed by atoms with Gasteiger partial charge in [0.25, 0.3) is 0 Å². The maximum Gasteiger partial charge on any atom is 0.120 e. The van der Waals surface area contributed by atoms with E-state index < -0.39 is 0 Å². The van der Waals surface area contributed by atoms with E-state index in [-0.39, 0.29) is 0 Å². The number of aldehydes is 1. The monoisotopic (exact) mass is 216 g/mol. The summed E-state index contributed by atoms with van der Waals surface area (Å²) in [6.45, 7) is 2.41. The summed E-state index contributed by atoms with van der Waals surface area (Å²) in [5.74, 6) is 7.10. The van der Waals surface area contributed by atoms with Crippen molar-refractivity contribution in [2.24, 2.45) is 47.3 Å². The molecular weight excluding hydrogens is 196 g/mol. The second-order valence-corrected chi connectivity index (χ2v) is 6.59. The fraction of sp³-hybridized carbons (Fsp3) is 0.800. The molecule has 3 saturated carbocycles. The van der Waals surface area contributed by atoms with E-state index >= 15 is 0 Å². The van der Waals surface area contributed by atoms with Gasteiger partial charge in [-0.3, -0.25) is 0 Å². The maximum absolute atomic E-state index is 10.8.